The summed E-state index contributed by atoms with van der Waals surface area (Å²) in [6.07, 6.45) is 9.05. The third-order valence-corrected chi connectivity index (χ3v) is 4.95. The van der Waals surface area contributed by atoms with Gasteiger partial charge in [0, 0.05) is 18.5 Å². The molecule has 0 spiro atoms. The molecule has 24 heavy (non-hydrogen) atoms. The van der Waals surface area contributed by atoms with E-state index in [4.69, 9.17) is 5.11 Å². The molecule has 0 bridgehead atoms. The van der Waals surface area contributed by atoms with E-state index in [0.29, 0.717) is 23.5 Å². The topological polar surface area (TPSA) is 92.7 Å². The van der Waals surface area contributed by atoms with Crippen LogP contribution in [-0.2, 0) is 22.6 Å². The Morgan fingerprint density at radius 1 is 1.33 bits per heavy atom. The van der Waals surface area contributed by atoms with E-state index in [0.717, 1.165) is 31.6 Å². The predicted octanol–water partition coefficient (Wildman–Crippen LogP) is 0.833. The summed E-state index contributed by atoms with van der Waals surface area (Å²) < 4.78 is 4.07. The third kappa shape index (κ3) is 1.68. The van der Waals surface area contributed by atoms with Gasteiger partial charge in [0.05, 0.1) is 17.9 Å². The smallest absolute Gasteiger partial charge is 0.352 e. The second-order valence-corrected chi connectivity index (χ2v) is 6.34. The zero-order valence-electron chi connectivity index (χ0n) is 12.8. The molecule has 0 radical (unpaired) electrons. The number of fused-ring (bicyclic) bond motifs is 4. The Kier molecular flexibility index (Phi) is 2.57. The van der Waals surface area contributed by atoms with Crippen LogP contribution in [0.15, 0.2) is 23.5 Å². The van der Waals surface area contributed by atoms with Gasteiger partial charge in [-0.2, -0.15) is 4.98 Å². The minimum absolute atomic E-state index is 0.0806. The minimum Gasteiger partial charge on any atom is -0.477 e. The van der Waals surface area contributed by atoms with Gasteiger partial charge in [0.1, 0.15) is 11.5 Å². The number of aryl methyl sites for hydroxylation is 2. The van der Waals surface area contributed by atoms with Crippen LogP contribution in [0, 0.1) is 0 Å². The maximum atomic E-state index is 12.2. The highest BCUT2D eigenvalue weighted by Crippen LogP contribution is 2.38. The second-order valence-electron chi connectivity index (χ2n) is 6.34. The third-order valence-electron chi connectivity index (χ3n) is 4.95. The zero-order valence-corrected chi connectivity index (χ0v) is 12.8. The summed E-state index contributed by atoms with van der Waals surface area (Å²) in [5.74, 6) is 0.400. The Morgan fingerprint density at radius 2 is 2.21 bits per heavy atom. The fraction of sp³-hybridized carbons (Fsp3) is 0.375. The molecule has 5 rings (SSSR count). The molecule has 1 atom stereocenters. The van der Waals surface area contributed by atoms with Crippen molar-refractivity contribution in [3.63, 3.8) is 0 Å². The number of carboxylic acids is 1. The van der Waals surface area contributed by atoms with Gasteiger partial charge in [0.2, 0.25) is 0 Å². The molecule has 1 saturated heterocycles. The van der Waals surface area contributed by atoms with Crippen LogP contribution in [0.5, 0.6) is 0 Å². The first-order valence-corrected chi connectivity index (χ1v) is 8.07. The Hall–Kier alpha value is -2.90. The Morgan fingerprint density at radius 3 is 3.04 bits per heavy atom. The van der Waals surface area contributed by atoms with Crippen LogP contribution in [0.1, 0.15) is 30.8 Å². The van der Waals surface area contributed by atoms with E-state index in [1.807, 2.05) is 10.7 Å². The maximum absolute atomic E-state index is 12.2. The SMILES string of the molecule is O=C(O)C1=CCC2C(=Cc3cn4c(n3)nc3n4CCCC3)C(=O)N12. The maximum Gasteiger partial charge on any atom is 0.352 e. The molecular formula is C16H15N5O3. The summed E-state index contributed by atoms with van der Waals surface area (Å²) in [6.45, 7) is 0.930. The number of carbonyl (C=O) groups excluding carboxylic acids is 1. The van der Waals surface area contributed by atoms with Crippen LogP contribution in [0.4, 0.5) is 0 Å². The lowest BCUT2D eigenvalue weighted by atomic mass is 9.94. The van der Waals surface area contributed by atoms with E-state index in [1.165, 1.54) is 4.90 Å². The summed E-state index contributed by atoms with van der Waals surface area (Å²) in [7, 11) is 0. The van der Waals surface area contributed by atoms with Crippen LogP contribution in [0.25, 0.3) is 11.9 Å². The molecule has 8 heteroatoms. The van der Waals surface area contributed by atoms with Gasteiger partial charge in [-0.25, -0.2) is 14.3 Å². The molecule has 122 valence electrons. The predicted molar refractivity (Wildman–Crippen MR) is 82.9 cm³/mol. The van der Waals surface area contributed by atoms with Gasteiger partial charge >= 0.3 is 5.97 Å². The molecule has 1 N–H and O–H groups in total. The van der Waals surface area contributed by atoms with Crippen molar-refractivity contribution in [1.29, 1.82) is 0 Å². The lowest BCUT2D eigenvalue weighted by Gasteiger charge is -2.38. The molecule has 1 amide bonds. The van der Waals surface area contributed by atoms with Crippen LogP contribution >= 0.6 is 0 Å². The van der Waals surface area contributed by atoms with Crippen molar-refractivity contribution in [3.8, 4) is 0 Å². The van der Waals surface area contributed by atoms with E-state index in [9.17, 15) is 9.59 Å². The molecule has 5 heterocycles. The van der Waals surface area contributed by atoms with Crippen molar-refractivity contribution in [2.75, 3.05) is 0 Å². The minimum atomic E-state index is -1.06. The molecule has 1 fully saturated rings. The van der Waals surface area contributed by atoms with Gasteiger partial charge in [0.25, 0.3) is 11.7 Å². The first kappa shape index (κ1) is 13.5. The number of β-lactam (4-membered cyclic amide) rings is 1. The lowest BCUT2D eigenvalue weighted by molar-refractivity contribution is -0.142. The molecule has 8 nitrogen and oxygen atoms in total. The van der Waals surface area contributed by atoms with E-state index >= 15 is 0 Å². The Balaban J connectivity index is 1.47. The number of nitrogens with zero attached hydrogens (tertiary/aromatic N) is 5. The summed E-state index contributed by atoms with van der Waals surface area (Å²) in [4.78, 5) is 33.7. The first-order valence-electron chi connectivity index (χ1n) is 8.07. The van der Waals surface area contributed by atoms with Crippen LogP contribution in [0.2, 0.25) is 0 Å². The summed E-state index contributed by atoms with van der Waals surface area (Å²) in [6, 6.07) is -0.172. The van der Waals surface area contributed by atoms with E-state index < -0.39 is 5.97 Å². The zero-order chi connectivity index (χ0) is 16.4. The van der Waals surface area contributed by atoms with Gasteiger partial charge in [-0.15, -0.1) is 0 Å². The molecule has 2 aromatic rings. The van der Waals surface area contributed by atoms with Crippen molar-refractivity contribution in [2.45, 2.75) is 38.3 Å². The van der Waals surface area contributed by atoms with Crippen molar-refractivity contribution in [2.24, 2.45) is 0 Å². The van der Waals surface area contributed by atoms with Crippen molar-refractivity contribution < 1.29 is 14.7 Å². The number of aromatic nitrogens is 4. The number of aliphatic carboxylic acids is 1. The summed E-state index contributed by atoms with van der Waals surface area (Å²) in [5, 5.41) is 9.10. The molecule has 2 aromatic heterocycles. The van der Waals surface area contributed by atoms with Crippen LogP contribution in [0.3, 0.4) is 0 Å². The number of carboxylic acid groups (broad SMARTS) is 1. The van der Waals surface area contributed by atoms with E-state index in [2.05, 4.69) is 14.6 Å². The van der Waals surface area contributed by atoms with Gasteiger partial charge in [-0.1, -0.05) is 6.08 Å². The van der Waals surface area contributed by atoms with Crippen molar-refractivity contribution in [1.82, 2.24) is 24.1 Å². The average Bonchev–Trinajstić information content (AvgIpc) is 3.22. The van der Waals surface area contributed by atoms with Crippen molar-refractivity contribution >= 4 is 23.7 Å². The molecule has 1 unspecified atom stereocenters. The second kappa shape index (κ2) is 4.56. The van der Waals surface area contributed by atoms with Gasteiger partial charge in [0.15, 0.2) is 0 Å². The number of rotatable bonds is 2. The highest BCUT2D eigenvalue weighted by Gasteiger charge is 2.48. The quantitative estimate of drug-likeness (QED) is 0.652. The van der Waals surface area contributed by atoms with E-state index in [1.54, 1.807) is 12.2 Å². The van der Waals surface area contributed by atoms with Gasteiger partial charge in [-0.05, 0) is 25.3 Å². The standard InChI is InChI=1S/C16H15N5O3/c22-14-10(11-4-5-12(15(23)24)21(11)14)7-9-8-20-16(17-9)18-13-3-1-2-6-19(13)20/h5,7-8,11H,1-4,6H2,(H,23,24). The van der Waals surface area contributed by atoms with Gasteiger partial charge in [-0.3, -0.25) is 14.4 Å². The fourth-order valence-electron chi connectivity index (χ4n) is 3.80. The average molecular weight is 325 g/mol. The van der Waals surface area contributed by atoms with Crippen LogP contribution in [-0.4, -0.2) is 47.1 Å². The number of hydrogen-bond donors (Lipinski definition) is 1. The summed E-state index contributed by atoms with van der Waals surface area (Å²) >= 11 is 0. The fourth-order valence-corrected chi connectivity index (χ4v) is 3.80. The molecule has 3 aliphatic rings. The number of hydrogen-bond acceptors (Lipinski definition) is 4. The Labute approximate surface area is 136 Å². The van der Waals surface area contributed by atoms with E-state index in [-0.39, 0.29) is 17.6 Å². The highest BCUT2D eigenvalue weighted by atomic mass is 16.4. The highest BCUT2D eigenvalue weighted by molar-refractivity contribution is 6.10. The molecule has 0 saturated carbocycles. The molecule has 0 aromatic carbocycles. The van der Waals surface area contributed by atoms with Crippen LogP contribution < -0.4 is 0 Å². The molecule has 0 aliphatic carbocycles. The largest absolute Gasteiger partial charge is 0.477 e. The van der Waals surface area contributed by atoms with Gasteiger partial charge < -0.3 is 5.11 Å². The number of imidazole rings is 1. The first-order chi connectivity index (χ1) is 11.6. The summed E-state index contributed by atoms with van der Waals surface area (Å²) in [5.41, 5.74) is 1.38. The normalized spacial score (nSPS) is 24.1. The van der Waals surface area contributed by atoms with Crippen molar-refractivity contribution in [3.05, 3.63) is 35.1 Å². The number of carbonyl (C=O) groups is 2. The lowest BCUT2D eigenvalue weighted by Crippen LogP contribution is -2.52. The monoisotopic (exact) mass is 325 g/mol. The molecular weight excluding hydrogens is 310 g/mol. The molecule has 3 aliphatic heterocycles. The number of amides is 1. The Bertz CT molecular complexity index is 964.